The van der Waals surface area contributed by atoms with Crippen LogP contribution in [0.15, 0.2) is 200 Å². The Morgan fingerprint density at radius 2 is 0.586 bits per heavy atom. The number of rotatable bonds is 1. The van der Waals surface area contributed by atoms with Crippen molar-refractivity contribution in [2.75, 3.05) is 0 Å². The summed E-state index contributed by atoms with van der Waals surface area (Å²) in [4.78, 5) is 1.28. The fourth-order valence-corrected chi connectivity index (χ4v) is 11.3. The van der Waals surface area contributed by atoms with E-state index in [0.29, 0.717) is 0 Å². The van der Waals surface area contributed by atoms with E-state index in [4.69, 9.17) is 0 Å². The van der Waals surface area contributed by atoms with E-state index >= 15 is 0 Å². The third kappa shape index (κ3) is 4.41. The zero-order valence-electron chi connectivity index (χ0n) is 31.4. The molecule has 0 radical (unpaired) electrons. The maximum absolute atomic E-state index is 2.50. The molecule has 13 aromatic rings. The van der Waals surface area contributed by atoms with Crippen molar-refractivity contribution in [2.45, 2.75) is 0 Å². The summed E-state index contributed by atoms with van der Waals surface area (Å²) in [7, 11) is 0. The molecule has 0 unspecified atom stereocenters. The summed E-state index contributed by atoms with van der Waals surface area (Å²) in [6.45, 7) is 0. The molecule has 0 fully saturated rings. The third-order valence-electron chi connectivity index (χ3n) is 12.6. The van der Waals surface area contributed by atoms with Crippen LogP contribution < -0.4 is 0 Å². The molecule has 1 nitrogen and oxygen atoms in total. The van der Waals surface area contributed by atoms with E-state index in [0.717, 1.165) is 0 Å². The van der Waals surface area contributed by atoms with Crippen LogP contribution in [0, 0.1) is 0 Å². The molecule has 58 heavy (non-hydrogen) atoms. The molecule has 0 aliphatic carbocycles. The van der Waals surface area contributed by atoms with Gasteiger partial charge in [0.1, 0.15) is 4.83 Å². The molecule has 0 saturated heterocycles. The fourth-order valence-electron chi connectivity index (χ4n) is 10.1. The summed E-state index contributed by atoms with van der Waals surface area (Å²) in [5, 5.41) is 24.0. The highest BCUT2D eigenvalue weighted by Gasteiger charge is 2.19. The van der Waals surface area contributed by atoms with E-state index in [1.54, 1.807) is 0 Å². The Bertz CT molecular complexity index is 3980. The van der Waals surface area contributed by atoms with Crippen LogP contribution in [0.4, 0.5) is 0 Å². The molecule has 0 spiro atoms. The molecular weight excluding hydrogens is 719 g/mol. The van der Waals surface area contributed by atoms with Crippen molar-refractivity contribution in [1.29, 1.82) is 0 Å². The Balaban J connectivity index is 1.25. The van der Waals surface area contributed by atoms with E-state index < -0.39 is 0 Å². The number of para-hydroxylation sites is 1. The van der Waals surface area contributed by atoms with Crippen molar-refractivity contribution >= 4 is 129 Å². The highest BCUT2D eigenvalue weighted by Crippen LogP contribution is 2.45. The van der Waals surface area contributed by atoms with Gasteiger partial charge in [0.05, 0.1) is 5.52 Å². The fraction of sp³-hybridized carbons (Fsp3) is 0. The predicted molar refractivity (Wildman–Crippen MR) is 254 cm³/mol. The maximum Gasteiger partial charge on any atom is 0.109 e. The summed E-state index contributed by atoms with van der Waals surface area (Å²) in [5.41, 5.74) is 2.41. The summed E-state index contributed by atoms with van der Waals surface area (Å²) in [6.07, 6.45) is 0. The molecule has 2 heterocycles. The number of hydrogen-bond donors (Lipinski definition) is 0. The van der Waals surface area contributed by atoms with E-state index in [2.05, 4.69) is 205 Å². The average molecular weight is 752 g/mol. The molecular formula is C56H33NS. The monoisotopic (exact) mass is 751 g/mol. The van der Waals surface area contributed by atoms with Gasteiger partial charge in [-0.1, -0.05) is 164 Å². The first kappa shape index (κ1) is 31.9. The third-order valence-corrected chi connectivity index (χ3v) is 13.7. The highest BCUT2D eigenvalue weighted by molar-refractivity contribution is 7.25. The molecule has 0 amide bonds. The molecule has 0 N–H and O–H groups in total. The molecule has 11 aromatic carbocycles. The van der Waals surface area contributed by atoms with Gasteiger partial charge in [-0.3, -0.25) is 0 Å². The summed E-state index contributed by atoms with van der Waals surface area (Å²) in [6, 6.07) is 74.8. The normalized spacial score (nSPS) is 12.1. The van der Waals surface area contributed by atoms with Gasteiger partial charge in [-0.05, 0) is 123 Å². The predicted octanol–water partition coefficient (Wildman–Crippen LogP) is 16.3. The quantitative estimate of drug-likeness (QED) is 0.157. The molecule has 0 saturated carbocycles. The van der Waals surface area contributed by atoms with E-state index in [1.165, 1.54) is 123 Å². The number of nitrogens with zero attached hydrogens (tertiary/aromatic N) is 1. The smallest absolute Gasteiger partial charge is 0.109 e. The standard InChI is InChI=1S/C56H33NS/c1-2-16-36-35(15-1)37-17-3-6-20-40(37)49-32-51-42-22-8-5-19-39(42)45-30-29-34(57-53-27-13-11-25-46(53)55-47-26-12-14-28-54(47)58-56(55)57)31-48(45)43-23-9-10-24-44(43)52(51)33-50(49)41-21-7-4-18-38(36)41/h1-33H. The Hall–Kier alpha value is -7.26. The van der Waals surface area contributed by atoms with Crippen molar-refractivity contribution in [3.63, 3.8) is 0 Å². The lowest BCUT2D eigenvalue weighted by atomic mass is 9.90. The van der Waals surface area contributed by atoms with Crippen LogP contribution in [0.2, 0.25) is 0 Å². The highest BCUT2D eigenvalue weighted by atomic mass is 32.1. The number of aromatic nitrogens is 1. The molecule has 0 aliphatic rings. The van der Waals surface area contributed by atoms with Gasteiger partial charge >= 0.3 is 0 Å². The Kier molecular flexibility index (Phi) is 6.66. The van der Waals surface area contributed by atoms with E-state index in [1.807, 2.05) is 11.3 Å². The van der Waals surface area contributed by atoms with Gasteiger partial charge in [0, 0.05) is 26.5 Å². The molecule has 13 rings (SSSR count). The van der Waals surface area contributed by atoms with Crippen molar-refractivity contribution in [1.82, 2.24) is 4.57 Å². The lowest BCUT2D eigenvalue weighted by Gasteiger charge is -2.15. The van der Waals surface area contributed by atoms with Gasteiger partial charge in [-0.25, -0.2) is 0 Å². The second kappa shape index (κ2) is 12.1. The minimum Gasteiger partial charge on any atom is -0.301 e. The van der Waals surface area contributed by atoms with Crippen LogP contribution in [0.5, 0.6) is 0 Å². The first-order valence-corrected chi connectivity index (χ1v) is 20.8. The van der Waals surface area contributed by atoms with Gasteiger partial charge < -0.3 is 4.57 Å². The summed E-state index contributed by atoms with van der Waals surface area (Å²) >= 11 is 1.88. The second-order valence-corrected chi connectivity index (χ2v) is 16.6. The molecule has 2 aromatic heterocycles. The first-order chi connectivity index (χ1) is 28.8. The van der Waals surface area contributed by atoms with Crippen LogP contribution in [-0.2, 0) is 0 Å². The zero-order valence-corrected chi connectivity index (χ0v) is 32.2. The topological polar surface area (TPSA) is 4.93 Å². The SMILES string of the molecule is c1ccc2c(c1)sc1c2c2ccccc2n1-c1ccc2c3ccccc3c3cc4c5ccccc5c5ccccc5c5ccccc5c4cc3c3ccccc3c2c1. The van der Waals surface area contributed by atoms with Crippen molar-refractivity contribution in [2.24, 2.45) is 0 Å². The minimum absolute atomic E-state index is 1.17. The lowest BCUT2D eigenvalue weighted by Crippen LogP contribution is -1.93. The van der Waals surface area contributed by atoms with Crippen LogP contribution in [0.1, 0.15) is 0 Å². The zero-order chi connectivity index (χ0) is 37.9. The average Bonchev–Trinajstić information content (AvgIpc) is 3.82. The van der Waals surface area contributed by atoms with Gasteiger partial charge in [-0.2, -0.15) is 0 Å². The van der Waals surface area contributed by atoms with Gasteiger partial charge in [0.2, 0.25) is 0 Å². The Morgan fingerprint density at radius 1 is 0.259 bits per heavy atom. The largest absolute Gasteiger partial charge is 0.301 e. The Morgan fingerprint density at radius 3 is 1.03 bits per heavy atom. The molecule has 0 bridgehead atoms. The number of thiophene rings is 1. The van der Waals surface area contributed by atoms with Crippen LogP contribution in [0.3, 0.4) is 0 Å². The molecule has 2 heteroatoms. The molecule has 268 valence electrons. The lowest BCUT2D eigenvalue weighted by molar-refractivity contribution is 1.20. The number of hydrogen-bond acceptors (Lipinski definition) is 1. The van der Waals surface area contributed by atoms with Crippen molar-refractivity contribution in [3.8, 4) is 5.69 Å². The molecule has 0 aliphatic heterocycles. The second-order valence-electron chi connectivity index (χ2n) is 15.5. The van der Waals surface area contributed by atoms with Gasteiger partial charge in [-0.15, -0.1) is 11.3 Å². The number of benzene rings is 9. The summed E-state index contributed by atoms with van der Waals surface area (Å²) in [5.74, 6) is 0. The minimum atomic E-state index is 1.17. The van der Waals surface area contributed by atoms with E-state index in [9.17, 15) is 0 Å². The van der Waals surface area contributed by atoms with Crippen molar-refractivity contribution in [3.05, 3.63) is 200 Å². The number of fused-ring (bicyclic) bond motifs is 21. The van der Waals surface area contributed by atoms with Crippen LogP contribution >= 0.6 is 11.3 Å². The first-order valence-electron chi connectivity index (χ1n) is 20.0. The van der Waals surface area contributed by atoms with E-state index in [-0.39, 0.29) is 0 Å². The van der Waals surface area contributed by atoms with Gasteiger partial charge in [0.25, 0.3) is 0 Å². The molecule has 0 atom stereocenters. The Labute approximate surface area is 337 Å². The van der Waals surface area contributed by atoms with Crippen LogP contribution in [-0.4, -0.2) is 4.57 Å². The summed E-state index contributed by atoms with van der Waals surface area (Å²) < 4.78 is 3.81. The van der Waals surface area contributed by atoms with Gasteiger partial charge in [0.15, 0.2) is 0 Å². The van der Waals surface area contributed by atoms with Crippen molar-refractivity contribution < 1.29 is 0 Å². The van der Waals surface area contributed by atoms with Crippen LogP contribution in [0.25, 0.3) is 123 Å². The maximum atomic E-state index is 2.50.